The zero-order valence-electron chi connectivity index (χ0n) is 7.76. The normalized spacial score (nSPS) is 11.7. The summed E-state index contributed by atoms with van der Waals surface area (Å²) in [5, 5.41) is 0. The van der Waals surface area contributed by atoms with Crippen LogP contribution in [-0.2, 0) is 0 Å². The van der Waals surface area contributed by atoms with Crippen molar-refractivity contribution >= 4 is 28.3 Å². The van der Waals surface area contributed by atoms with Crippen LogP contribution >= 0.6 is 28.3 Å². The van der Waals surface area contributed by atoms with Gasteiger partial charge in [0.25, 0.3) is 0 Å². The highest BCUT2D eigenvalue weighted by atomic mass is 79.9. The van der Waals surface area contributed by atoms with Gasteiger partial charge in [0.15, 0.2) is 0 Å². The molecule has 0 unspecified atom stereocenters. The van der Waals surface area contributed by atoms with Crippen LogP contribution in [0.5, 0.6) is 0 Å². The van der Waals surface area contributed by atoms with Crippen LogP contribution in [0.1, 0.15) is 17.2 Å². The average molecular weight is 281 g/mol. The van der Waals surface area contributed by atoms with Crippen molar-refractivity contribution in [3.05, 3.63) is 46.2 Å². The first-order valence-corrected chi connectivity index (χ1v) is 4.69. The highest BCUT2D eigenvalue weighted by Crippen LogP contribution is 2.23. The first-order chi connectivity index (χ1) is 6.06. The number of rotatable bonds is 2. The Kier molecular flexibility index (Phi) is 5.34. The molecular weight excluding hydrogens is 268 g/mol. The molecule has 1 aromatic carbocycles. The van der Waals surface area contributed by atoms with Crippen LogP contribution in [0.25, 0.3) is 0 Å². The van der Waals surface area contributed by atoms with E-state index in [-0.39, 0.29) is 18.2 Å². The van der Waals surface area contributed by atoms with Gasteiger partial charge in [0, 0.05) is 10.0 Å². The van der Waals surface area contributed by atoms with E-state index in [0.29, 0.717) is 11.1 Å². The van der Waals surface area contributed by atoms with Crippen molar-refractivity contribution in [2.24, 2.45) is 5.73 Å². The van der Waals surface area contributed by atoms with Gasteiger partial charge in [-0.25, -0.2) is 4.39 Å². The van der Waals surface area contributed by atoms with Gasteiger partial charge in [-0.3, -0.25) is 0 Å². The Hall–Kier alpha value is -0.380. The van der Waals surface area contributed by atoms with E-state index in [0.717, 1.165) is 4.47 Å². The molecule has 1 atom stereocenters. The number of benzene rings is 1. The molecule has 0 bridgehead atoms. The minimum Gasteiger partial charge on any atom is -0.321 e. The monoisotopic (exact) mass is 279 g/mol. The molecule has 4 heteroatoms. The van der Waals surface area contributed by atoms with Gasteiger partial charge in [-0.15, -0.1) is 19.0 Å². The van der Waals surface area contributed by atoms with Crippen LogP contribution in [0.3, 0.4) is 0 Å². The Bertz CT molecular complexity index is 341. The fourth-order valence-corrected chi connectivity index (χ4v) is 1.71. The van der Waals surface area contributed by atoms with Gasteiger partial charge < -0.3 is 5.73 Å². The molecule has 0 saturated heterocycles. The van der Waals surface area contributed by atoms with E-state index in [2.05, 4.69) is 22.5 Å². The van der Waals surface area contributed by atoms with Crippen molar-refractivity contribution in [1.29, 1.82) is 0 Å². The second-order valence-electron chi connectivity index (χ2n) is 2.89. The Morgan fingerprint density at radius 2 is 2.14 bits per heavy atom. The lowest BCUT2D eigenvalue weighted by atomic mass is 10.0. The molecule has 2 N–H and O–H groups in total. The first-order valence-electron chi connectivity index (χ1n) is 3.90. The molecular formula is C10H12BrClFN. The lowest BCUT2D eigenvalue weighted by molar-refractivity contribution is 0.593. The summed E-state index contributed by atoms with van der Waals surface area (Å²) in [5.41, 5.74) is 6.71. The minimum absolute atomic E-state index is 0. The third kappa shape index (κ3) is 2.80. The SMILES string of the molecule is C=C[C@@H](N)c1cc(Br)cc(C)c1F.Cl. The van der Waals surface area contributed by atoms with Gasteiger partial charge in [0.05, 0.1) is 6.04 Å². The van der Waals surface area contributed by atoms with Crippen LogP contribution in [0.4, 0.5) is 4.39 Å². The number of hydrogen-bond acceptors (Lipinski definition) is 1. The molecule has 0 aliphatic carbocycles. The highest BCUT2D eigenvalue weighted by molar-refractivity contribution is 9.10. The van der Waals surface area contributed by atoms with E-state index in [4.69, 9.17) is 5.73 Å². The molecule has 1 rings (SSSR count). The molecule has 1 nitrogen and oxygen atoms in total. The van der Waals surface area contributed by atoms with Crippen LogP contribution < -0.4 is 5.73 Å². The van der Waals surface area contributed by atoms with Gasteiger partial charge >= 0.3 is 0 Å². The lowest BCUT2D eigenvalue weighted by Gasteiger charge is -2.10. The summed E-state index contributed by atoms with van der Waals surface area (Å²) in [6.45, 7) is 5.24. The van der Waals surface area contributed by atoms with Crippen molar-refractivity contribution in [2.45, 2.75) is 13.0 Å². The maximum absolute atomic E-state index is 13.5. The van der Waals surface area contributed by atoms with Crippen molar-refractivity contribution in [3.8, 4) is 0 Å². The van der Waals surface area contributed by atoms with Gasteiger partial charge in [0.1, 0.15) is 5.82 Å². The summed E-state index contributed by atoms with van der Waals surface area (Å²) >= 11 is 3.29. The molecule has 0 fully saturated rings. The topological polar surface area (TPSA) is 26.0 Å². The van der Waals surface area contributed by atoms with Gasteiger partial charge in [0.2, 0.25) is 0 Å². The number of nitrogens with two attached hydrogens (primary N) is 1. The molecule has 78 valence electrons. The zero-order valence-corrected chi connectivity index (χ0v) is 10.2. The van der Waals surface area contributed by atoms with E-state index in [9.17, 15) is 4.39 Å². The zero-order chi connectivity index (χ0) is 10.0. The third-order valence-electron chi connectivity index (χ3n) is 1.86. The van der Waals surface area contributed by atoms with Crippen molar-refractivity contribution in [1.82, 2.24) is 0 Å². The predicted molar refractivity (Wildman–Crippen MR) is 63.2 cm³/mol. The van der Waals surface area contributed by atoms with Crippen LogP contribution in [0, 0.1) is 12.7 Å². The standard InChI is InChI=1S/C10H11BrFN.ClH/c1-3-9(13)8-5-7(11)4-6(2)10(8)12;/h3-5,9H,1,13H2,2H3;1H/t9-;/m1./s1. The quantitative estimate of drug-likeness (QED) is 0.824. The average Bonchev–Trinajstić information content (AvgIpc) is 2.10. The van der Waals surface area contributed by atoms with E-state index in [1.54, 1.807) is 19.1 Å². The van der Waals surface area contributed by atoms with Crippen molar-refractivity contribution in [3.63, 3.8) is 0 Å². The summed E-state index contributed by atoms with van der Waals surface area (Å²) in [6.07, 6.45) is 1.52. The number of halogens is 3. The summed E-state index contributed by atoms with van der Waals surface area (Å²) in [6, 6.07) is 2.94. The fourth-order valence-electron chi connectivity index (χ4n) is 1.12. The van der Waals surface area contributed by atoms with Gasteiger partial charge in [-0.2, -0.15) is 0 Å². The number of hydrogen-bond donors (Lipinski definition) is 1. The minimum atomic E-state index is -0.448. The summed E-state index contributed by atoms with van der Waals surface area (Å²) in [4.78, 5) is 0. The maximum atomic E-state index is 13.5. The Balaban J connectivity index is 0.00000169. The van der Waals surface area contributed by atoms with Gasteiger partial charge in [-0.1, -0.05) is 22.0 Å². The van der Waals surface area contributed by atoms with E-state index < -0.39 is 6.04 Å². The first kappa shape index (κ1) is 13.6. The van der Waals surface area contributed by atoms with E-state index >= 15 is 0 Å². The molecule has 0 heterocycles. The molecule has 14 heavy (non-hydrogen) atoms. The lowest BCUT2D eigenvalue weighted by Crippen LogP contribution is -2.09. The molecule has 1 aromatic rings. The van der Waals surface area contributed by atoms with Crippen LogP contribution in [0.2, 0.25) is 0 Å². The highest BCUT2D eigenvalue weighted by Gasteiger charge is 2.11. The molecule has 0 aliphatic rings. The van der Waals surface area contributed by atoms with Crippen molar-refractivity contribution < 1.29 is 4.39 Å². The Morgan fingerprint density at radius 3 is 2.64 bits per heavy atom. The molecule has 0 aliphatic heterocycles. The largest absolute Gasteiger partial charge is 0.321 e. The van der Waals surface area contributed by atoms with E-state index in [1.165, 1.54) is 6.08 Å². The fraction of sp³-hybridized carbons (Fsp3) is 0.200. The smallest absolute Gasteiger partial charge is 0.131 e. The molecule has 0 radical (unpaired) electrons. The summed E-state index contributed by atoms with van der Waals surface area (Å²) < 4.78 is 14.3. The third-order valence-corrected chi connectivity index (χ3v) is 2.32. The Morgan fingerprint density at radius 1 is 1.57 bits per heavy atom. The molecule has 0 spiro atoms. The van der Waals surface area contributed by atoms with Crippen LogP contribution in [0.15, 0.2) is 29.3 Å². The molecule has 0 amide bonds. The Labute approximate surface area is 97.7 Å². The molecule has 0 saturated carbocycles. The second kappa shape index (κ2) is 5.49. The van der Waals surface area contributed by atoms with Gasteiger partial charge in [-0.05, 0) is 24.6 Å². The summed E-state index contributed by atoms with van der Waals surface area (Å²) in [7, 11) is 0. The number of aryl methyl sites for hydroxylation is 1. The second-order valence-corrected chi connectivity index (χ2v) is 3.80. The predicted octanol–water partition coefficient (Wildman–Crippen LogP) is 3.50. The van der Waals surface area contributed by atoms with Crippen molar-refractivity contribution in [2.75, 3.05) is 0 Å². The summed E-state index contributed by atoms with van der Waals surface area (Å²) in [5.74, 6) is -0.254. The molecule has 0 aromatic heterocycles. The maximum Gasteiger partial charge on any atom is 0.131 e. The van der Waals surface area contributed by atoms with E-state index in [1.807, 2.05) is 0 Å². The van der Waals surface area contributed by atoms with Crippen LogP contribution in [-0.4, -0.2) is 0 Å².